The molecule has 0 radical (unpaired) electrons. The average molecular weight is 246 g/mol. The first-order chi connectivity index (χ1) is 8.78. The molecule has 18 heavy (non-hydrogen) atoms. The zero-order valence-electron chi connectivity index (χ0n) is 9.47. The number of para-hydroxylation sites is 2. The Bertz CT molecular complexity index is 589. The van der Waals surface area contributed by atoms with Crippen LogP contribution in [0.15, 0.2) is 36.5 Å². The quantitative estimate of drug-likeness (QED) is 0.839. The lowest BCUT2D eigenvalue weighted by molar-refractivity contribution is 0.212. The van der Waals surface area contributed by atoms with Gasteiger partial charge >= 0.3 is 0 Å². The van der Waals surface area contributed by atoms with Crippen LogP contribution in [0.1, 0.15) is 11.8 Å². The molecular formula is C13H11FN2O2. The molecule has 1 atom stereocenters. The van der Waals surface area contributed by atoms with Crippen LogP contribution >= 0.6 is 0 Å². The van der Waals surface area contributed by atoms with Crippen molar-refractivity contribution in [3.8, 4) is 17.2 Å². The molecule has 1 aliphatic heterocycles. The Balaban J connectivity index is 2.14. The number of pyridine rings is 1. The fourth-order valence-electron chi connectivity index (χ4n) is 1.87. The van der Waals surface area contributed by atoms with Crippen molar-refractivity contribution in [1.29, 1.82) is 0 Å². The number of nitrogens with zero attached hydrogens (tertiary/aromatic N) is 1. The first kappa shape index (κ1) is 11.0. The third-order valence-corrected chi connectivity index (χ3v) is 2.71. The van der Waals surface area contributed by atoms with Crippen molar-refractivity contribution in [3.05, 3.63) is 48.0 Å². The summed E-state index contributed by atoms with van der Waals surface area (Å²) in [5.41, 5.74) is 6.18. The average Bonchev–Trinajstić information content (AvgIpc) is 2.53. The van der Waals surface area contributed by atoms with E-state index < -0.39 is 11.9 Å². The highest BCUT2D eigenvalue weighted by Gasteiger charge is 2.25. The molecule has 1 aromatic carbocycles. The number of hydrogen-bond acceptors (Lipinski definition) is 4. The molecule has 2 aromatic rings. The van der Waals surface area contributed by atoms with E-state index in [1.165, 1.54) is 6.07 Å². The topological polar surface area (TPSA) is 57.4 Å². The summed E-state index contributed by atoms with van der Waals surface area (Å²) in [4.78, 5) is 4.01. The zero-order valence-corrected chi connectivity index (χ0v) is 9.47. The van der Waals surface area contributed by atoms with Gasteiger partial charge in [-0.15, -0.1) is 0 Å². The Kier molecular flexibility index (Phi) is 2.60. The van der Waals surface area contributed by atoms with Crippen LogP contribution in [0.4, 0.5) is 4.39 Å². The van der Waals surface area contributed by atoms with E-state index in [0.29, 0.717) is 22.9 Å². The van der Waals surface area contributed by atoms with Crippen molar-refractivity contribution in [2.24, 2.45) is 5.73 Å². The van der Waals surface area contributed by atoms with Crippen LogP contribution in [0.3, 0.4) is 0 Å². The summed E-state index contributed by atoms with van der Waals surface area (Å²) in [6.07, 6.45) is 0.689. The maximum absolute atomic E-state index is 13.2. The van der Waals surface area contributed by atoms with E-state index in [2.05, 4.69) is 4.98 Å². The van der Waals surface area contributed by atoms with Crippen molar-refractivity contribution >= 4 is 0 Å². The van der Waals surface area contributed by atoms with Gasteiger partial charge in [0.05, 0.1) is 6.20 Å². The van der Waals surface area contributed by atoms with Crippen LogP contribution < -0.4 is 15.2 Å². The molecule has 2 N–H and O–H groups in total. The summed E-state index contributed by atoms with van der Waals surface area (Å²) in [6, 6.07) is 8.47. The number of rotatable bonds is 1. The second kappa shape index (κ2) is 4.27. The van der Waals surface area contributed by atoms with E-state index in [1.807, 2.05) is 12.1 Å². The number of nitrogens with two attached hydrogens (primary N) is 1. The summed E-state index contributed by atoms with van der Waals surface area (Å²) in [5, 5.41) is 0. The van der Waals surface area contributed by atoms with Gasteiger partial charge in [-0.05, 0) is 12.1 Å². The monoisotopic (exact) mass is 246 g/mol. The molecule has 0 spiro atoms. The zero-order chi connectivity index (χ0) is 12.5. The molecule has 0 fully saturated rings. The van der Waals surface area contributed by atoms with Crippen molar-refractivity contribution in [2.45, 2.75) is 6.10 Å². The number of benzene rings is 1. The predicted octanol–water partition coefficient (Wildman–Crippen LogP) is 2.41. The van der Waals surface area contributed by atoms with Gasteiger partial charge in [-0.2, -0.15) is 0 Å². The van der Waals surface area contributed by atoms with Gasteiger partial charge in [-0.1, -0.05) is 12.1 Å². The minimum absolute atomic E-state index is 0.239. The van der Waals surface area contributed by atoms with Crippen LogP contribution in [-0.2, 0) is 0 Å². The number of hydrogen-bond donors (Lipinski definition) is 1. The van der Waals surface area contributed by atoms with E-state index >= 15 is 0 Å². The van der Waals surface area contributed by atoms with Crippen LogP contribution in [0.2, 0.25) is 0 Å². The molecule has 0 saturated heterocycles. The lowest BCUT2D eigenvalue weighted by Gasteiger charge is -2.14. The van der Waals surface area contributed by atoms with Crippen LogP contribution in [-0.4, -0.2) is 11.5 Å². The van der Waals surface area contributed by atoms with Crippen LogP contribution in [0.25, 0.3) is 0 Å². The summed E-state index contributed by atoms with van der Waals surface area (Å²) in [5.74, 6) is 0.993. The molecular weight excluding hydrogens is 235 g/mol. The summed E-state index contributed by atoms with van der Waals surface area (Å²) in [7, 11) is 0. The van der Waals surface area contributed by atoms with Crippen molar-refractivity contribution in [1.82, 2.24) is 4.98 Å². The highest BCUT2D eigenvalue weighted by atomic mass is 19.1. The van der Waals surface area contributed by atoms with Gasteiger partial charge < -0.3 is 15.2 Å². The normalized spacial score (nSPS) is 16.9. The second-order valence-corrected chi connectivity index (χ2v) is 3.93. The molecule has 1 aromatic heterocycles. The minimum Gasteiger partial charge on any atom is -0.479 e. The Morgan fingerprint density at radius 1 is 1.22 bits per heavy atom. The molecule has 0 bridgehead atoms. The van der Waals surface area contributed by atoms with E-state index in [0.717, 1.165) is 6.20 Å². The van der Waals surface area contributed by atoms with Gasteiger partial charge in [0, 0.05) is 12.6 Å². The molecule has 0 aliphatic carbocycles. The maximum atomic E-state index is 13.2. The highest BCUT2D eigenvalue weighted by Crippen LogP contribution is 2.40. The van der Waals surface area contributed by atoms with E-state index in [4.69, 9.17) is 15.2 Å². The fraction of sp³-hybridized carbons (Fsp3) is 0.154. The minimum atomic E-state index is -0.455. The fourth-order valence-corrected chi connectivity index (χ4v) is 1.87. The molecule has 92 valence electrons. The third-order valence-electron chi connectivity index (χ3n) is 2.71. The van der Waals surface area contributed by atoms with Gasteiger partial charge in [0.1, 0.15) is 11.5 Å². The van der Waals surface area contributed by atoms with E-state index in [1.54, 1.807) is 12.1 Å². The first-order valence-corrected chi connectivity index (χ1v) is 5.57. The lowest BCUT2D eigenvalue weighted by Crippen LogP contribution is -2.19. The maximum Gasteiger partial charge on any atom is 0.169 e. The molecule has 5 heteroatoms. The summed E-state index contributed by atoms with van der Waals surface area (Å²) in [6.45, 7) is 0.239. The lowest BCUT2D eigenvalue weighted by atomic mass is 10.2. The van der Waals surface area contributed by atoms with Crippen LogP contribution in [0.5, 0.6) is 17.2 Å². The van der Waals surface area contributed by atoms with Gasteiger partial charge in [0.15, 0.2) is 23.4 Å². The molecule has 2 heterocycles. The molecule has 1 aliphatic rings. The molecule has 4 nitrogen and oxygen atoms in total. The van der Waals surface area contributed by atoms with Crippen LogP contribution in [0, 0.1) is 5.82 Å². The molecule has 0 amide bonds. The summed E-state index contributed by atoms with van der Waals surface area (Å²) < 4.78 is 24.6. The molecule has 0 unspecified atom stereocenters. The van der Waals surface area contributed by atoms with Crippen molar-refractivity contribution in [2.75, 3.05) is 6.54 Å². The third kappa shape index (κ3) is 1.78. The number of ether oxygens (including phenoxy) is 2. The predicted molar refractivity (Wildman–Crippen MR) is 63.1 cm³/mol. The second-order valence-electron chi connectivity index (χ2n) is 3.93. The Morgan fingerprint density at radius 3 is 2.78 bits per heavy atom. The van der Waals surface area contributed by atoms with Gasteiger partial charge in [0.25, 0.3) is 0 Å². The molecule has 0 saturated carbocycles. The highest BCUT2D eigenvalue weighted by molar-refractivity contribution is 5.46. The van der Waals surface area contributed by atoms with Crippen molar-refractivity contribution < 1.29 is 13.9 Å². The van der Waals surface area contributed by atoms with Gasteiger partial charge in [-0.25, -0.2) is 4.39 Å². The standard InChI is InChI=1S/C13H11FN2O2/c14-8-5-11-13(16-7-8)12(6-15)18-10-4-2-1-3-9(10)17-11/h1-5,7,12H,6,15H2/t12-/m0/s1. The Hall–Kier alpha value is -2.14. The Morgan fingerprint density at radius 2 is 2.00 bits per heavy atom. The van der Waals surface area contributed by atoms with Gasteiger partial charge in [0.2, 0.25) is 0 Å². The van der Waals surface area contributed by atoms with E-state index in [9.17, 15) is 4.39 Å². The smallest absolute Gasteiger partial charge is 0.169 e. The summed E-state index contributed by atoms with van der Waals surface area (Å²) >= 11 is 0. The number of aromatic nitrogens is 1. The number of halogens is 1. The Labute approximate surface area is 103 Å². The largest absolute Gasteiger partial charge is 0.479 e. The van der Waals surface area contributed by atoms with Crippen molar-refractivity contribution in [3.63, 3.8) is 0 Å². The van der Waals surface area contributed by atoms with E-state index in [-0.39, 0.29) is 6.54 Å². The molecule has 3 rings (SSSR count). The SMILES string of the molecule is NC[C@@H]1Oc2ccccc2Oc2cc(F)cnc21. The number of fused-ring (bicyclic) bond motifs is 2. The first-order valence-electron chi connectivity index (χ1n) is 5.57. The van der Waals surface area contributed by atoms with Gasteiger partial charge in [-0.3, -0.25) is 4.98 Å².